The molecule has 2 unspecified atom stereocenters. The Kier molecular flexibility index (Phi) is 5.66. The zero-order valence-corrected chi connectivity index (χ0v) is 11.6. The molecule has 1 aliphatic heterocycles. The summed E-state index contributed by atoms with van der Waals surface area (Å²) in [5.74, 6) is 0. The molecule has 1 saturated heterocycles. The van der Waals surface area contributed by atoms with Crippen LogP contribution in [0.5, 0.6) is 0 Å². The smallest absolute Gasteiger partial charge is 0.0743 e. The number of hydrogen-bond acceptors (Lipinski definition) is 3. The van der Waals surface area contributed by atoms with E-state index in [0.29, 0.717) is 17.1 Å². The molecule has 0 saturated carbocycles. The van der Waals surface area contributed by atoms with Crippen LogP contribution in [0.4, 0.5) is 0 Å². The maximum absolute atomic E-state index is 5.66. The lowest BCUT2D eigenvalue weighted by Gasteiger charge is -2.42. The summed E-state index contributed by atoms with van der Waals surface area (Å²) in [5, 5.41) is 0. The number of rotatable bonds is 5. The van der Waals surface area contributed by atoms with Crippen LogP contribution in [0, 0.1) is 0 Å². The Labute approximate surface area is 105 Å². The highest BCUT2D eigenvalue weighted by Crippen LogP contribution is 2.17. The van der Waals surface area contributed by atoms with E-state index >= 15 is 0 Å². The second-order valence-electron chi connectivity index (χ2n) is 4.77. The van der Waals surface area contributed by atoms with E-state index in [0.717, 1.165) is 32.5 Å². The van der Waals surface area contributed by atoms with Crippen LogP contribution < -0.4 is 5.73 Å². The number of hydrogen-bond donors (Lipinski definition) is 1. The molecule has 0 radical (unpaired) electrons. The molecule has 0 amide bonds. The summed E-state index contributed by atoms with van der Waals surface area (Å²) in [6.45, 7) is 7.95. The van der Waals surface area contributed by atoms with Gasteiger partial charge in [0.05, 0.1) is 4.99 Å². The van der Waals surface area contributed by atoms with Crippen LogP contribution in [0.1, 0.15) is 33.1 Å². The lowest BCUT2D eigenvalue weighted by Crippen LogP contribution is -2.54. The van der Waals surface area contributed by atoms with Gasteiger partial charge in [-0.3, -0.25) is 4.90 Å². The number of piperazine rings is 1. The molecule has 2 atom stereocenters. The van der Waals surface area contributed by atoms with E-state index in [1.165, 1.54) is 6.42 Å². The molecule has 1 aliphatic rings. The van der Waals surface area contributed by atoms with E-state index in [1.54, 1.807) is 0 Å². The SMILES string of the molecule is CCC1CN(C(CC)CC(N)=S)CCN1C. The molecule has 1 fully saturated rings. The summed E-state index contributed by atoms with van der Waals surface area (Å²) in [6.07, 6.45) is 3.22. The first kappa shape index (κ1) is 13.9. The van der Waals surface area contributed by atoms with E-state index in [-0.39, 0.29) is 0 Å². The highest BCUT2D eigenvalue weighted by Gasteiger charge is 2.27. The van der Waals surface area contributed by atoms with Gasteiger partial charge >= 0.3 is 0 Å². The van der Waals surface area contributed by atoms with Gasteiger partial charge in [0.25, 0.3) is 0 Å². The van der Waals surface area contributed by atoms with Gasteiger partial charge < -0.3 is 10.6 Å². The summed E-state index contributed by atoms with van der Waals surface area (Å²) in [7, 11) is 2.22. The highest BCUT2D eigenvalue weighted by atomic mass is 32.1. The van der Waals surface area contributed by atoms with Crippen LogP contribution in [-0.2, 0) is 0 Å². The fourth-order valence-electron chi connectivity index (χ4n) is 2.51. The number of nitrogens with zero attached hydrogens (tertiary/aromatic N) is 2. The Bertz CT molecular complexity index is 232. The van der Waals surface area contributed by atoms with Crippen molar-refractivity contribution in [1.82, 2.24) is 9.80 Å². The van der Waals surface area contributed by atoms with Crippen molar-refractivity contribution >= 4 is 17.2 Å². The molecular formula is C12H25N3S. The molecule has 2 N–H and O–H groups in total. The van der Waals surface area contributed by atoms with Gasteiger partial charge in [-0.25, -0.2) is 0 Å². The summed E-state index contributed by atoms with van der Waals surface area (Å²) in [4.78, 5) is 5.68. The molecule has 16 heavy (non-hydrogen) atoms. The van der Waals surface area contributed by atoms with Crippen molar-refractivity contribution in [2.75, 3.05) is 26.7 Å². The average molecular weight is 243 g/mol. The van der Waals surface area contributed by atoms with E-state index < -0.39 is 0 Å². The van der Waals surface area contributed by atoms with Crippen LogP contribution in [0.25, 0.3) is 0 Å². The third kappa shape index (κ3) is 3.68. The van der Waals surface area contributed by atoms with E-state index in [2.05, 4.69) is 30.7 Å². The highest BCUT2D eigenvalue weighted by molar-refractivity contribution is 7.80. The second kappa shape index (κ2) is 6.52. The third-order valence-electron chi connectivity index (χ3n) is 3.70. The fourth-order valence-corrected chi connectivity index (χ4v) is 2.70. The molecule has 0 bridgehead atoms. The van der Waals surface area contributed by atoms with Crippen molar-refractivity contribution in [1.29, 1.82) is 0 Å². The second-order valence-corrected chi connectivity index (χ2v) is 5.29. The molecule has 0 aromatic heterocycles. The van der Waals surface area contributed by atoms with Crippen LogP contribution in [0.15, 0.2) is 0 Å². The predicted molar refractivity (Wildman–Crippen MR) is 73.8 cm³/mol. The van der Waals surface area contributed by atoms with Crippen molar-refractivity contribution in [3.63, 3.8) is 0 Å². The van der Waals surface area contributed by atoms with Crippen LogP contribution in [-0.4, -0.2) is 53.6 Å². The topological polar surface area (TPSA) is 32.5 Å². The van der Waals surface area contributed by atoms with Gasteiger partial charge in [-0.15, -0.1) is 0 Å². The molecule has 1 heterocycles. The van der Waals surface area contributed by atoms with Crippen molar-refractivity contribution in [3.8, 4) is 0 Å². The van der Waals surface area contributed by atoms with Crippen molar-refractivity contribution in [3.05, 3.63) is 0 Å². The number of likely N-dealkylation sites (N-methyl/N-ethyl adjacent to an activating group) is 1. The lowest BCUT2D eigenvalue weighted by molar-refractivity contribution is 0.0631. The number of nitrogens with two attached hydrogens (primary N) is 1. The van der Waals surface area contributed by atoms with Crippen molar-refractivity contribution in [2.45, 2.75) is 45.2 Å². The quantitative estimate of drug-likeness (QED) is 0.741. The molecular weight excluding hydrogens is 218 g/mol. The standard InChI is InChI=1S/C12H25N3S/c1-4-10(8-12(13)16)15-7-6-14(3)11(5-2)9-15/h10-11H,4-9H2,1-3H3,(H2,13,16). The summed E-state index contributed by atoms with van der Waals surface area (Å²) >= 11 is 5.03. The molecule has 0 aromatic rings. The molecule has 0 spiro atoms. The normalized spacial score (nSPS) is 25.6. The Morgan fingerprint density at radius 2 is 2.12 bits per heavy atom. The lowest BCUT2D eigenvalue weighted by atomic mass is 10.0. The van der Waals surface area contributed by atoms with Gasteiger partial charge in [-0.05, 0) is 19.9 Å². The van der Waals surface area contributed by atoms with Gasteiger partial charge in [0.2, 0.25) is 0 Å². The minimum absolute atomic E-state index is 0.542. The Hall–Kier alpha value is -0.190. The molecule has 0 aromatic carbocycles. The first-order valence-electron chi connectivity index (χ1n) is 6.31. The van der Waals surface area contributed by atoms with E-state index in [4.69, 9.17) is 18.0 Å². The zero-order valence-electron chi connectivity index (χ0n) is 10.8. The van der Waals surface area contributed by atoms with Crippen molar-refractivity contribution in [2.24, 2.45) is 5.73 Å². The molecule has 0 aliphatic carbocycles. The number of thiocarbonyl (C=S) groups is 1. The fraction of sp³-hybridized carbons (Fsp3) is 0.917. The summed E-state index contributed by atoms with van der Waals surface area (Å²) in [6, 6.07) is 1.23. The monoisotopic (exact) mass is 243 g/mol. The maximum Gasteiger partial charge on any atom is 0.0743 e. The van der Waals surface area contributed by atoms with Crippen LogP contribution in [0.3, 0.4) is 0 Å². The van der Waals surface area contributed by atoms with Crippen LogP contribution in [0.2, 0.25) is 0 Å². The van der Waals surface area contributed by atoms with Crippen LogP contribution >= 0.6 is 12.2 Å². The first-order chi connectivity index (χ1) is 7.58. The Morgan fingerprint density at radius 3 is 2.62 bits per heavy atom. The first-order valence-corrected chi connectivity index (χ1v) is 6.71. The maximum atomic E-state index is 5.66. The zero-order chi connectivity index (χ0) is 12.1. The van der Waals surface area contributed by atoms with Gasteiger partial charge in [0.1, 0.15) is 0 Å². The predicted octanol–water partition coefficient (Wildman–Crippen LogP) is 1.47. The van der Waals surface area contributed by atoms with Gasteiger partial charge in [0.15, 0.2) is 0 Å². The Balaban J connectivity index is 2.54. The Morgan fingerprint density at radius 1 is 1.44 bits per heavy atom. The van der Waals surface area contributed by atoms with Crippen molar-refractivity contribution < 1.29 is 0 Å². The molecule has 94 valence electrons. The van der Waals surface area contributed by atoms with Gasteiger partial charge in [0, 0.05) is 38.1 Å². The summed E-state index contributed by atoms with van der Waals surface area (Å²) in [5.41, 5.74) is 5.66. The van der Waals surface area contributed by atoms with Gasteiger partial charge in [-0.2, -0.15) is 0 Å². The minimum Gasteiger partial charge on any atom is -0.393 e. The molecule has 4 heteroatoms. The largest absolute Gasteiger partial charge is 0.393 e. The van der Waals surface area contributed by atoms with E-state index in [9.17, 15) is 0 Å². The summed E-state index contributed by atoms with van der Waals surface area (Å²) < 4.78 is 0. The average Bonchev–Trinajstić information content (AvgIpc) is 2.26. The molecule has 1 rings (SSSR count). The minimum atomic E-state index is 0.542. The third-order valence-corrected chi connectivity index (χ3v) is 3.87. The van der Waals surface area contributed by atoms with Gasteiger partial charge in [-0.1, -0.05) is 26.1 Å². The van der Waals surface area contributed by atoms with E-state index in [1.807, 2.05) is 0 Å². The molecule has 3 nitrogen and oxygen atoms in total.